The maximum Gasteiger partial charge on any atom is 0.348 e. The van der Waals surface area contributed by atoms with Gasteiger partial charge in [-0.3, -0.25) is 4.90 Å². The van der Waals surface area contributed by atoms with Gasteiger partial charge < -0.3 is 9.84 Å². The zero-order valence-electron chi connectivity index (χ0n) is 11.5. The zero-order valence-corrected chi connectivity index (χ0v) is 12.3. The second-order valence-corrected chi connectivity index (χ2v) is 5.97. The van der Waals surface area contributed by atoms with Crippen LogP contribution in [0.15, 0.2) is 11.4 Å². The van der Waals surface area contributed by atoms with Gasteiger partial charge in [0.15, 0.2) is 0 Å². The van der Waals surface area contributed by atoms with Crippen LogP contribution in [0.25, 0.3) is 0 Å². The highest BCUT2D eigenvalue weighted by molar-refractivity contribution is 7.12. The third-order valence-corrected chi connectivity index (χ3v) is 4.81. The van der Waals surface area contributed by atoms with Crippen LogP contribution in [0.2, 0.25) is 0 Å². The minimum Gasteiger partial charge on any atom is -0.465 e. The number of methoxy groups -OCH3 is 1. The molecule has 1 aromatic rings. The predicted molar refractivity (Wildman–Crippen MR) is 75.4 cm³/mol. The van der Waals surface area contributed by atoms with Crippen LogP contribution in [0.5, 0.6) is 0 Å². The highest BCUT2D eigenvalue weighted by Gasteiger charge is 2.28. The van der Waals surface area contributed by atoms with E-state index in [9.17, 15) is 9.90 Å². The summed E-state index contributed by atoms with van der Waals surface area (Å²) in [5.74, 6) is -0.268. The summed E-state index contributed by atoms with van der Waals surface area (Å²) in [5.41, 5.74) is 1.00. The Morgan fingerprint density at radius 1 is 1.58 bits per heavy atom. The second kappa shape index (κ2) is 6.50. The smallest absolute Gasteiger partial charge is 0.348 e. The summed E-state index contributed by atoms with van der Waals surface area (Å²) in [6, 6.07) is 2.62. The Morgan fingerprint density at radius 3 is 3.05 bits per heavy atom. The Balaban J connectivity index is 2.15. The fourth-order valence-corrected chi connectivity index (χ4v) is 3.58. The second-order valence-electron chi connectivity index (χ2n) is 5.06. The van der Waals surface area contributed by atoms with Gasteiger partial charge in [0, 0.05) is 18.6 Å². The molecule has 0 aromatic carbocycles. The summed E-state index contributed by atoms with van der Waals surface area (Å²) in [6.45, 7) is 3.08. The van der Waals surface area contributed by atoms with Gasteiger partial charge >= 0.3 is 5.97 Å². The Morgan fingerprint density at radius 2 is 2.37 bits per heavy atom. The van der Waals surface area contributed by atoms with Crippen molar-refractivity contribution in [2.45, 2.75) is 44.8 Å². The van der Waals surface area contributed by atoms with Crippen LogP contribution >= 0.6 is 11.3 Å². The van der Waals surface area contributed by atoms with E-state index in [-0.39, 0.29) is 18.6 Å². The predicted octanol–water partition coefficient (Wildman–Crippen LogP) is 2.27. The zero-order chi connectivity index (χ0) is 13.8. The largest absolute Gasteiger partial charge is 0.465 e. The topological polar surface area (TPSA) is 49.8 Å². The SMILES string of the molecule is COC(=O)c1sccc1CN1[C@H](CO)CCC[C@@H]1C. The van der Waals surface area contributed by atoms with Gasteiger partial charge in [-0.05, 0) is 36.8 Å². The standard InChI is InChI=1S/C14H21NO3S/c1-10-4-3-5-12(9-16)15(10)8-11-6-7-19-13(11)14(17)18-2/h6-7,10,12,16H,3-5,8-9H2,1-2H3/t10-,12-/m0/s1. The summed E-state index contributed by atoms with van der Waals surface area (Å²) in [7, 11) is 1.41. The Labute approximate surface area is 118 Å². The molecule has 0 radical (unpaired) electrons. The molecule has 0 aliphatic carbocycles. The summed E-state index contributed by atoms with van der Waals surface area (Å²) in [5, 5.41) is 11.4. The van der Waals surface area contributed by atoms with Crippen molar-refractivity contribution in [1.82, 2.24) is 4.90 Å². The molecule has 19 heavy (non-hydrogen) atoms. The number of carbonyl (C=O) groups is 1. The Bertz CT molecular complexity index is 432. The molecule has 1 N–H and O–H groups in total. The van der Waals surface area contributed by atoms with Gasteiger partial charge in [-0.1, -0.05) is 6.42 Å². The molecule has 1 fully saturated rings. The quantitative estimate of drug-likeness (QED) is 0.861. The molecule has 106 valence electrons. The van der Waals surface area contributed by atoms with Crippen molar-refractivity contribution in [3.8, 4) is 0 Å². The van der Waals surface area contributed by atoms with E-state index in [1.807, 2.05) is 11.4 Å². The summed E-state index contributed by atoms with van der Waals surface area (Å²) >= 11 is 1.42. The molecule has 1 saturated heterocycles. The van der Waals surface area contributed by atoms with Gasteiger partial charge in [-0.2, -0.15) is 0 Å². The number of aliphatic hydroxyl groups excluding tert-OH is 1. The number of likely N-dealkylation sites (tertiary alicyclic amines) is 1. The number of aliphatic hydroxyl groups is 1. The lowest BCUT2D eigenvalue weighted by atomic mass is 9.96. The number of nitrogens with zero attached hydrogens (tertiary/aromatic N) is 1. The van der Waals surface area contributed by atoms with Crippen molar-refractivity contribution >= 4 is 17.3 Å². The molecule has 0 unspecified atom stereocenters. The van der Waals surface area contributed by atoms with Crippen LogP contribution < -0.4 is 0 Å². The molecule has 5 heteroatoms. The molecule has 0 bridgehead atoms. The van der Waals surface area contributed by atoms with Crippen LogP contribution in [0.1, 0.15) is 41.4 Å². The Hall–Kier alpha value is -0.910. The highest BCUT2D eigenvalue weighted by atomic mass is 32.1. The maximum absolute atomic E-state index is 11.7. The summed E-state index contributed by atoms with van der Waals surface area (Å²) < 4.78 is 4.81. The number of piperidine rings is 1. The lowest BCUT2D eigenvalue weighted by molar-refractivity contribution is 0.0442. The molecule has 2 rings (SSSR count). The van der Waals surface area contributed by atoms with Crippen molar-refractivity contribution in [2.75, 3.05) is 13.7 Å². The van der Waals surface area contributed by atoms with Crippen molar-refractivity contribution in [1.29, 1.82) is 0 Å². The molecule has 4 nitrogen and oxygen atoms in total. The van der Waals surface area contributed by atoms with E-state index in [2.05, 4.69) is 11.8 Å². The average molecular weight is 283 g/mol. The van der Waals surface area contributed by atoms with Gasteiger partial charge in [0.1, 0.15) is 4.88 Å². The third kappa shape index (κ3) is 3.16. The van der Waals surface area contributed by atoms with Gasteiger partial charge in [0.2, 0.25) is 0 Å². The van der Waals surface area contributed by atoms with Crippen LogP contribution in [0.4, 0.5) is 0 Å². The summed E-state index contributed by atoms with van der Waals surface area (Å²) in [6.07, 6.45) is 3.34. The maximum atomic E-state index is 11.7. The molecule has 0 spiro atoms. The average Bonchev–Trinajstić information content (AvgIpc) is 2.88. The van der Waals surface area contributed by atoms with E-state index in [0.717, 1.165) is 24.8 Å². The van der Waals surface area contributed by atoms with Crippen molar-refractivity contribution in [2.24, 2.45) is 0 Å². The van der Waals surface area contributed by atoms with Crippen LogP contribution in [-0.4, -0.2) is 41.8 Å². The molecule has 0 amide bonds. The number of hydrogen-bond acceptors (Lipinski definition) is 5. The minimum absolute atomic E-state index is 0.183. The molecular weight excluding hydrogens is 262 g/mol. The molecule has 1 aliphatic heterocycles. The van der Waals surface area contributed by atoms with Gasteiger partial charge in [-0.25, -0.2) is 4.79 Å². The van der Waals surface area contributed by atoms with Crippen molar-refractivity contribution in [3.63, 3.8) is 0 Å². The lowest BCUT2D eigenvalue weighted by Gasteiger charge is -2.39. The van der Waals surface area contributed by atoms with E-state index >= 15 is 0 Å². The third-order valence-electron chi connectivity index (χ3n) is 3.88. The molecule has 2 atom stereocenters. The molecule has 0 saturated carbocycles. The van der Waals surface area contributed by atoms with Crippen LogP contribution in [-0.2, 0) is 11.3 Å². The fraction of sp³-hybridized carbons (Fsp3) is 0.643. The first-order chi connectivity index (χ1) is 9.17. The highest BCUT2D eigenvalue weighted by Crippen LogP contribution is 2.27. The summed E-state index contributed by atoms with van der Waals surface area (Å²) in [4.78, 5) is 14.7. The van der Waals surface area contributed by atoms with E-state index in [1.54, 1.807) is 0 Å². The number of ether oxygens (including phenoxy) is 1. The van der Waals surface area contributed by atoms with Crippen molar-refractivity contribution < 1.29 is 14.6 Å². The van der Waals surface area contributed by atoms with Gasteiger partial charge in [0.25, 0.3) is 0 Å². The lowest BCUT2D eigenvalue weighted by Crippen LogP contribution is -2.46. The first-order valence-electron chi connectivity index (χ1n) is 6.68. The van der Waals surface area contributed by atoms with E-state index < -0.39 is 0 Å². The fourth-order valence-electron chi connectivity index (χ4n) is 2.75. The number of rotatable bonds is 4. The molecule has 1 aromatic heterocycles. The molecule has 2 heterocycles. The number of carbonyl (C=O) groups excluding carboxylic acids is 1. The molecule has 1 aliphatic rings. The number of esters is 1. The Kier molecular flexibility index (Phi) is 4.96. The number of hydrogen-bond donors (Lipinski definition) is 1. The van der Waals surface area contributed by atoms with E-state index in [1.165, 1.54) is 18.4 Å². The van der Waals surface area contributed by atoms with Gasteiger partial charge in [0.05, 0.1) is 13.7 Å². The normalized spacial score (nSPS) is 24.4. The minimum atomic E-state index is -0.268. The van der Waals surface area contributed by atoms with Crippen LogP contribution in [0.3, 0.4) is 0 Å². The first kappa shape index (κ1) is 14.5. The van der Waals surface area contributed by atoms with E-state index in [4.69, 9.17) is 4.74 Å². The first-order valence-corrected chi connectivity index (χ1v) is 7.56. The van der Waals surface area contributed by atoms with Gasteiger partial charge in [-0.15, -0.1) is 11.3 Å². The van der Waals surface area contributed by atoms with Crippen LogP contribution in [0, 0.1) is 0 Å². The number of thiophene rings is 1. The molecular formula is C14H21NO3S. The van der Waals surface area contributed by atoms with E-state index in [0.29, 0.717) is 17.5 Å². The van der Waals surface area contributed by atoms with Crippen molar-refractivity contribution in [3.05, 3.63) is 21.9 Å². The monoisotopic (exact) mass is 283 g/mol.